The lowest BCUT2D eigenvalue weighted by Gasteiger charge is -2.11. The molecule has 0 spiro atoms. The Balaban J connectivity index is 3.31. The molecule has 0 amide bonds. The maximum absolute atomic E-state index is 12.3. The van der Waals surface area contributed by atoms with Crippen LogP contribution in [-0.4, -0.2) is 26.9 Å². The van der Waals surface area contributed by atoms with E-state index in [1.807, 2.05) is 0 Å². The average molecular weight is 253 g/mol. The molecule has 3 N–H and O–H groups in total. The second-order valence-corrected chi connectivity index (χ2v) is 4.99. The predicted octanol–water partition coefficient (Wildman–Crippen LogP) is 0.292. The van der Waals surface area contributed by atoms with Gasteiger partial charge in [-0.25, -0.2) is 8.99 Å². The molecular weight excluding hydrogens is 246 g/mol. The number of halogens is 3. The Bertz CT molecular complexity index is 486. The van der Waals surface area contributed by atoms with Crippen molar-refractivity contribution in [2.45, 2.75) is 10.4 Å². The number of benzene rings is 1. The summed E-state index contributed by atoms with van der Waals surface area (Å²) < 4.78 is 54.8. The van der Waals surface area contributed by atoms with Gasteiger partial charge in [0.1, 0.15) is 0 Å². The summed E-state index contributed by atoms with van der Waals surface area (Å²) in [6, 6.07) is 3.77. The SMILES string of the molecule is N=S(=O)(c1cccc(B(O)O)c1)C(F)(F)F. The third-order valence-electron chi connectivity index (χ3n) is 1.81. The van der Waals surface area contributed by atoms with Crippen molar-refractivity contribution in [3.8, 4) is 0 Å². The van der Waals surface area contributed by atoms with Crippen LogP contribution < -0.4 is 5.46 Å². The molecule has 1 atom stereocenters. The minimum Gasteiger partial charge on any atom is -0.423 e. The lowest BCUT2D eigenvalue weighted by molar-refractivity contribution is -0.0406. The van der Waals surface area contributed by atoms with Crippen molar-refractivity contribution < 1.29 is 27.4 Å². The van der Waals surface area contributed by atoms with Gasteiger partial charge < -0.3 is 10.0 Å². The molecule has 0 radical (unpaired) electrons. The second-order valence-electron chi connectivity index (χ2n) is 2.95. The second kappa shape index (κ2) is 4.08. The highest BCUT2D eigenvalue weighted by Crippen LogP contribution is 2.30. The quantitative estimate of drug-likeness (QED) is 0.662. The van der Waals surface area contributed by atoms with Crippen LogP contribution in [0.3, 0.4) is 0 Å². The Labute approximate surface area is 89.8 Å². The first-order chi connectivity index (χ1) is 7.16. The van der Waals surface area contributed by atoms with E-state index in [9.17, 15) is 17.4 Å². The molecule has 0 saturated heterocycles. The normalized spacial score (nSPS) is 15.6. The smallest absolute Gasteiger partial charge is 0.423 e. The van der Waals surface area contributed by atoms with Crippen molar-refractivity contribution in [3.63, 3.8) is 0 Å². The summed E-state index contributed by atoms with van der Waals surface area (Å²) in [6.07, 6.45) is 0. The van der Waals surface area contributed by atoms with Gasteiger partial charge in [-0.1, -0.05) is 12.1 Å². The van der Waals surface area contributed by atoms with Crippen molar-refractivity contribution in [3.05, 3.63) is 24.3 Å². The fraction of sp³-hybridized carbons (Fsp3) is 0.143. The Morgan fingerprint density at radius 1 is 1.31 bits per heavy atom. The fourth-order valence-corrected chi connectivity index (χ4v) is 1.83. The van der Waals surface area contributed by atoms with Gasteiger partial charge in [0.2, 0.25) is 0 Å². The summed E-state index contributed by atoms with van der Waals surface area (Å²) >= 11 is 0. The van der Waals surface area contributed by atoms with Crippen LogP contribution in [0.5, 0.6) is 0 Å². The van der Waals surface area contributed by atoms with Crippen LogP contribution in [0, 0.1) is 4.78 Å². The summed E-state index contributed by atoms with van der Waals surface area (Å²) in [5.41, 5.74) is -5.44. The molecule has 0 aliphatic rings. The van der Waals surface area contributed by atoms with E-state index in [1.165, 1.54) is 0 Å². The molecule has 1 unspecified atom stereocenters. The molecule has 0 fully saturated rings. The maximum Gasteiger partial charge on any atom is 0.488 e. The lowest BCUT2D eigenvalue weighted by Crippen LogP contribution is -2.31. The van der Waals surface area contributed by atoms with Crippen molar-refractivity contribution in [2.75, 3.05) is 0 Å². The van der Waals surface area contributed by atoms with Crippen molar-refractivity contribution in [1.82, 2.24) is 0 Å². The standard InChI is InChI=1S/C7H7BF3NO3S/c9-7(10,11)16(12,15)6-3-1-2-5(4-6)8(13)14/h1-4,12-14H. The monoisotopic (exact) mass is 253 g/mol. The largest absolute Gasteiger partial charge is 0.488 e. The van der Waals surface area contributed by atoms with E-state index >= 15 is 0 Å². The highest BCUT2D eigenvalue weighted by molar-refractivity contribution is 7.93. The van der Waals surface area contributed by atoms with E-state index in [0.29, 0.717) is 6.07 Å². The lowest BCUT2D eigenvalue weighted by atomic mass is 9.80. The van der Waals surface area contributed by atoms with E-state index in [1.54, 1.807) is 0 Å². The number of nitrogens with one attached hydrogen (secondary N) is 1. The minimum absolute atomic E-state index is 0.248. The molecule has 0 bridgehead atoms. The van der Waals surface area contributed by atoms with Crippen LogP contribution >= 0.6 is 0 Å². The summed E-state index contributed by atoms with van der Waals surface area (Å²) in [4.78, 5) is -0.800. The number of alkyl halides is 3. The van der Waals surface area contributed by atoms with Gasteiger partial charge in [0.05, 0.1) is 4.90 Å². The van der Waals surface area contributed by atoms with Gasteiger partial charge in [-0.3, -0.25) is 0 Å². The summed E-state index contributed by atoms with van der Waals surface area (Å²) in [7, 11) is -6.92. The van der Waals surface area contributed by atoms with Crippen LogP contribution in [0.2, 0.25) is 0 Å². The highest BCUT2D eigenvalue weighted by Gasteiger charge is 2.43. The molecule has 1 aromatic carbocycles. The van der Waals surface area contributed by atoms with E-state index in [2.05, 4.69) is 0 Å². The first-order valence-corrected chi connectivity index (χ1v) is 5.53. The zero-order valence-corrected chi connectivity index (χ0v) is 8.55. The van der Waals surface area contributed by atoms with Crippen LogP contribution in [0.1, 0.15) is 0 Å². The highest BCUT2D eigenvalue weighted by atomic mass is 32.2. The van der Waals surface area contributed by atoms with Gasteiger partial charge in [-0.2, -0.15) is 13.2 Å². The number of hydrogen-bond acceptors (Lipinski definition) is 4. The third kappa shape index (κ3) is 2.37. The molecule has 0 heterocycles. The zero-order chi connectivity index (χ0) is 12.6. The Morgan fingerprint density at radius 3 is 2.31 bits per heavy atom. The molecule has 88 valence electrons. The van der Waals surface area contributed by atoms with Crippen LogP contribution in [0.15, 0.2) is 29.2 Å². The Hall–Kier alpha value is -1.06. The van der Waals surface area contributed by atoms with Crippen LogP contribution in [0.4, 0.5) is 13.2 Å². The minimum atomic E-state index is -5.19. The van der Waals surface area contributed by atoms with Crippen LogP contribution in [-0.2, 0) is 9.73 Å². The summed E-state index contributed by atoms with van der Waals surface area (Å²) in [5.74, 6) is 0. The molecule has 0 aliphatic carbocycles. The number of hydrogen-bond donors (Lipinski definition) is 3. The molecule has 0 saturated carbocycles. The molecular formula is C7H7BF3NO3S. The van der Waals surface area contributed by atoms with Crippen molar-refractivity contribution in [1.29, 1.82) is 4.78 Å². The zero-order valence-electron chi connectivity index (χ0n) is 7.73. The molecule has 9 heteroatoms. The molecule has 0 aromatic heterocycles. The van der Waals surface area contributed by atoms with E-state index in [-0.39, 0.29) is 5.46 Å². The molecule has 1 rings (SSSR count). The van der Waals surface area contributed by atoms with Gasteiger partial charge in [-0.05, 0) is 17.6 Å². The van der Waals surface area contributed by atoms with E-state index in [4.69, 9.17) is 14.8 Å². The van der Waals surface area contributed by atoms with Gasteiger partial charge >= 0.3 is 12.6 Å². The topological polar surface area (TPSA) is 81.4 Å². The van der Waals surface area contributed by atoms with Crippen molar-refractivity contribution >= 4 is 22.3 Å². The van der Waals surface area contributed by atoms with E-state index < -0.39 is 27.3 Å². The molecule has 1 aromatic rings. The summed E-state index contributed by atoms with van der Waals surface area (Å²) in [5, 5.41) is 17.5. The van der Waals surface area contributed by atoms with Crippen molar-refractivity contribution in [2.24, 2.45) is 0 Å². The maximum atomic E-state index is 12.3. The van der Waals surface area contributed by atoms with E-state index in [0.717, 1.165) is 18.2 Å². The van der Waals surface area contributed by atoms with Gasteiger partial charge in [0.25, 0.3) is 0 Å². The predicted molar refractivity (Wildman–Crippen MR) is 51.5 cm³/mol. The van der Waals surface area contributed by atoms with Gasteiger partial charge in [0.15, 0.2) is 9.73 Å². The summed E-state index contributed by atoms with van der Waals surface area (Å²) in [6.45, 7) is 0. The molecule has 16 heavy (non-hydrogen) atoms. The average Bonchev–Trinajstić information content (AvgIpc) is 2.16. The van der Waals surface area contributed by atoms with Gasteiger partial charge in [0, 0.05) is 0 Å². The Kier molecular flexibility index (Phi) is 3.31. The first-order valence-electron chi connectivity index (χ1n) is 3.97. The Morgan fingerprint density at radius 2 is 1.88 bits per heavy atom. The van der Waals surface area contributed by atoms with Gasteiger partial charge in [-0.15, -0.1) is 0 Å². The molecule has 4 nitrogen and oxygen atoms in total. The number of rotatable bonds is 2. The molecule has 0 aliphatic heterocycles. The first kappa shape index (κ1) is 13.0. The van der Waals surface area contributed by atoms with Crippen LogP contribution in [0.25, 0.3) is 0 Å². The third-order valence-corrected chi connectivity index (χ3v) is 3.38. The fourth-order valence-electron chi connectivity index (χ4n) is 0.988.